The van der Waals surface area contributed by atoms with Gasteiger partial charge in [0.05, 0.1) is 5.75 Å². The number of benzene rings is 1. The van der Waals surface area contributed by atoms with Gasteiger partial charge < -0.3 is 14.8 Å². The fourth-order valence-electron chi connectivity index (χ4n) is 1.56. The summed E-state index contributed by atoms with van der Waals surface area (Å²) in [6.45, 7) is 0. The zero-order valence-electron chi connectivity index (χ0n) is 11.1. The van der Waals surface area contributed by atoms with Gasteiger partial charge >= 0.3 is 0 Å². The van der Waals surface area contributed by atoms with Crippen LogP contribution in [0.1, 0.15) is 0 Å². The molecule has 2 N–H and O–H groups in total. The summed E-state index contributed by atoms with van der Waals surface area (Å²) in [4.78, 5) is 15.7. The first-order valence-corrected chi connectivity index (χ1v) is 8.02. The molecule has 0 spiro atoms. The lowest BCUT2D eigenvalue weighted by Crippen LogP contribution is -2.13. The molecule has 9 heteroatoms. The topological polar surface area (TPSA) is 101 Å². The van der Waals surface area contributed by atoms with Crippen molar-refractivity contribution in [2.24, 2.45) is 0 Å². The third-order valence-corrected chi connectivity index (χ3v) is 4.03. The highest BCUT2D eigenvalue weighted by Crippen LogP contribution is 2.24. The molecule has 1 amide bonds. The Bertz CT molecular complexity index is 756. The molecule has 0 unspecified atom stereocenters. The molecule has 0 aliphatic carbocycles. The minimum atomic E-state index is -0.190. The smallest absolute Gasteiger partial charge is 0.277 e. The second-order valence-corrected chi connectivity index (χ2v) is 5.92. The monoisotopic (exact) mass is 334 g/mol. The third kappa shape index (κ3) is 3.62. The van der Waals surface area contributed by atoms with E-state index in [1.54, 1.807) is 23.7 Å². The van der Waals surface area contributed by atoms with Gasteiger partial charge in [0.2, 0.25) is 11.8 Å². The summed E-state index contributed by atoms with van der Waals surface area (Å²) in [5.41, 5.74) is 0.699. The molecule has 112 valence electrons. The number of hydrogen-bond donors (Lipinski definition) is 2. The summed E-state index contributed by atoms with van der Waals surface area (Å²) in [7, 11) is 0. The zero-order valence-corrected chi connectivity index (χ0v) is 12.7. The Morgan fingerprint density at radius 2 is 2.14 bits per heavy atom. The van der Waals surface area contributed by atoms with Gasteiger partial charge in [-0.25, -0.2) is 4.98 Å². The molecule has 22 heavy (non-hydrogen) atoms. The fraction of sp³-hybridized carbons (Fsp3) is 0.0769. The van der Waals surface area contributed by atoms with Crippen molar-refractivity contribution in [3.8, 4) is 17.2 Å². The van der Waals surface area contributed by atoms with E-state index in [1.165, 1.54) is 23.5 Å². The second-order valence-electron chi connectivity index (χ2n) is 4.09. The van der Waals surface area contributed by atoms with E-state index in [-0.39, 0.29) is 17.4 Å². The highest BCUT2D eigenvalue weighted by atomic mass is 32.2. The summed E-state index contributed by atoms with van der Waals surface area (Å²) in [5.74, 6) is 0.459. The number of nitrogens with zero attached hydrogens (tertiary/aromatic N) is 3. The number of aromatic hydroxyl groups is 1. The lowest BCUT2D eigenvalue weighted by Gasteiger charge is -1.98. The van der Waals surface area contributed by atoms with Crippen molar-refractivity contribution >= 4 is 34.1 Å². The maximum Gasteiger partial charge on any atom is 0.277 e. The predicted octanol–water partition coefficient (Wildman–Crippen LogP) is 2.63. The normalized spacial score (nSPS) is 10.5. The number of aromatic nitrogens is 3. The number of carbonyl (C=O) groups excluding carboxylic acids is 1. The zero-order chi connectivity index (χ0) is 15.4. The van der Waals surface area contributed by atoms with Gasteiger partial charge in [-0.05, 0) is 24.3 Å². The van der Waals surface area contributed by atoms with Crippen molar-refractivity contribution in [3.05, 3.63) is 35.8 Å². The molecule has 0 bridgehead atoms. The molecule has 0 atom stereocenters. The van der Waals surface area contributed by atoms with E-state index >= 15 is 0 Å². The molecule has 0 radical (unpaired) electrons. The van der Waals surface area contributed by atoms with E-state index in [0.29, 0.717) is 21.8 Å². The number of anilines is 1. The van der Waals surface area contributed by atoms with Crippen molar-refractivity contribution in [3.63, 3.8) is 0 Å². The van der Waals surface area contributed by atoms with Gasteiger partial charge in [0.15, 0.2) is 5.13 Å². The van der Waals surface area contributed by atoms with E-state index in [4.69, 9.17) is 4.42 Å². The summed E-state index contributed by atoms with van der Waals surface area (Å²) < 4.78 is 5.46. The Kier molecular flexibility index (Phi) is 4.35. The fourth-order valence-corrected chi connectivity index (χ4v) is 2.66. The minimum Gasteiger partial charge on any atom is -0.508 e. The summed E-state index contributed by atoms with van der Waals surface area (Å²) in [6, 6.07) is 6.42. The van der Waals surface area contributed by atoms with Crippen molar-refractivity contribution < 1.29 is 14.3 Å². The molecule has 1 aromatic carbocycles. The molecule has 3 aromatic rings. The van der Waals surface area contributed by atoms with Crippen LogP contribution in [0.2, 0.25) is 0 Å². The largest absolute Gasteiger partial charge is 0.508 e. The number of thiazole rings is 1. The van der Waals surface area contributed by atoms with Gasteiger partial charge in [0, 0.05) is 17.1 Å². The predicted molar refractivity (Wildman–Crippen MR) is 82.9 cm³/mol. The maximum absolute atomic E-state index is 11.7. The van der Waals surface area contributed by atoms with Crippen LogP contribution < -0.4 is 5.32 Å². The molecular weight excluding hydrogens is 324 g/mol. The minimum absolute atomic E-state index is 0.150. The lowest BCUT2D eigenvalue weighted by molar-refractivity contribution is -0.113. The molecule has 0 fully saturated rings. The maximum atomic E-state index is 11.7. The van der Waals surface area contributed by atoms with E-state index in [0.717, 1.165) is 11.8 Å². The van der Waals surface area contributed by atoms with E-state index in [9.17, 15) is 9.90 Å². The average Bonchev–Trinajstić information content (AvgIpc) is 3.17. The number of carbonyl (C=O) groups is 1. The molecule has 2 aromatic heterocycles. The Morgan fingerprint density at radius 3 is 2.86 bits per heavy atom. The van der Waals surface area contributed by atoms with Gasteiger partial charge in [0.25, 0.3) is 5.22 Å². The second kappa shape index (κ2) is 6.58. The van der Waals surface area contributed by atoms with E-state index < -0.39 is 0 Å². The van der Waals surface area contributed by atoms with Crippen LogP contribution in [0.25, 0.3) is 11.5 Å². The summed E-state index contributed by atoms with van der Waals surface area (Å²) >= 11 is 2.50. The number of thioether (sulfide) groups is 1. The first-order valence-electron chi connectivity index (χ1n) is 6.16. The van der Waals surface area contributed by atoms with Crippen molar-refractivity contribution in [2.75, 3.05) is 11.1 Å². The van der Waals surface area contributed by atoms with Gasteiger partial charge in [-0.2, -0.15) is 0 Å². The van der Waals surface area contributed by atoms with Crippen LogP contribution in [-0.2, 0) is 4.79 Å². The van der Waals surface area contributed by atoms with Crippen molar-refractivity contribution in [1.82, 2.24) is 15.2 Å². The van der Waals surface area contributed by atoms with Gasteiger partial charge in [0.1, 0.15) is 5.75 Å². The van der Waals surface area contributed by atoms with Crippen molar-refractivity contribution in [2.45, 2.75) is 5.22 Å². The Hall–Kier alpha value is -2.39. The molecular formula is C13H10N4O3S2. The SMILES string of the molecule is O=C(CSc1nnc(-c2ccc(O)cc2)o1)Nc1nccs1. The molecule has 0 saturated heterocycles. The summed E-state index contributed by atoms with van der Waals surface area (Å²) in [6.07, 6.45) is 1.62. The molecule has 3 rings (SSSR count). The van der Waals surface area contributed by atoms with E-state index in [1.807, 2.05) is 0 Å². The van der Waals surface area contributed by atoms with Crippen molar-refractivity contribution in [1.29, 1.82) is 0 Å². The number of hydrogen-bond acceptors (Lipinski definition) is 8. The Balaban J connectivity index is 1.57. The Morgan fingerprint density at radius 1 is 1.32 bits per heavy atom. The number of phenolic OH excluding ortho intramolecular Hbond substituents is 1. The first kappa shape index (κ1) is 14.5. The van der Waals surface area contributed by atoms with Crippen LogP contribution in [0.5, 0.6) is 5.75 Å². The third-order valence-electron chi connectivity index (χ3n) is 2.53. The van der Waals surface area contributed by atoms with Crippen LogP contribution in [0.15, 0.2) is 45.5 Å². The highest BCUT2D eigenvalue weighted by molar-refractivity contribution is 7.99. The molecule has 7 nitrogen and oxygen atoms in total. The van der Waals surface area contributed by atoms with Crippen LogP contribution in [-0.4, -0.2) is 31.9 Å². The quantitative estimate of drug-likeness (QED) is 0.692. The van der Waals surface area contributed by atoms with Gasteiger partial charge in [-0.1, -0.05) is 11.8 Å². The summed E-state index contributed by atoms with van der Waals surface area (Å²) in [5, 5.41) is 22.3. The number of rotatable bonds is 5. The van der Waals surface area contributed by atoms with Crippen LogP contribution in [0, 0.1) is 0 Å². The molecule has 2 heterocycles. The lowest BCUT2D eigenvalue weighted by atomic mass is 10.2. The standard InChI is InChI=1S/C13H10N4O3S2/c18-9-3-1-8(2-4-9)11-16-17-13(20-11)22-7-10(19)15-12-14-5-6-21-12/h1-6,18H,7H2,(H,14,15,19). The number of phenols is 1. The Labute approximate surface area is 133 Å². The van der Waals surface area contributed by atoms with Crippen LogP contribution in [0.3, 0.4) is 0 Å². The molecule has 0 aliphatic rings. The average molecular weight is 334 g/mol. The van der Waals surface area contributed by atoms with Crippen LogP contribution >= 0.6 is 23.1 Å². The highest BCUT2D eigenvalue weighted by Gasteiger charge is 2.11. The first-order chi connectivity index (χ1) is 10.7. The van der Waals surface area contributed by atoms with Gasteiger partial charge in [-0.3, -0.25) is 4.79 Å². The number of amides is 1. The van der Waals surface area contributed by atoms with E-state index in [2.05, 4.69) is 20.5 Å². The van der Waals surface area contributed by atoms with Crippen LogP contribution in [0.4, 0.5) is 5.13 Å². The molecule has 0 saturated carbocycles. The molecule has 0 aliphatic heterocycles. The number of nitrogens with one attached hydrogen (secondary N) is 1. The van der Waals surface area contributed by atoms with Gasteiger partial charge in [-0.15, -0.1) is 21.5 Å².